The number of aromatic nitrogens is 2. The Bertz CT molecular complexity index is 1360. The summed E-state index contributed by atoms with van der Waals surface area (Å²) in [6.07, 6.45) is 5.81. The topological polar surface area (TPSA) is 85.0 Å². The van der Waals surface area contributed by atoms with Crippen molar-refractivity contribution in [1.82, 2.24) is 14.9 Å². The Morgan fingerprint density at radius 2 is 1.85 bits per heavy atom. The van der Waals surface area contributed by atoms with Gasteiger partial charge in [0.1, 0.15) is 0 Å². The van der Waals surface area contributed by atoms with Gasteiger partial charge in [0.05, 0.1) is 17.8 Å². The zero-order chi connectivity index (χ0) is 23.5. The third kappa shape index (κ3) is 5.11. The van der Waals surface area contributed by atoms with Crippen LogP contribution in [-0.2, 0) is 13.6 Å². The summed E-state index contributed by atoms with van der Waals surface area (Å²) in [5.74, 6) is -0.0727. The van der Waals surface area contributed by atoms with Crippen molar-refractivity contribution in [3.05, 3.63) is 94.8 Å². The van der Waals surface area contributed by atoms with E-state index < -0.39 is 0 Å². The van der Waals surface area contributed by atoms with Crippen LogP contribution in [0.25, 0.3) is 22.4 Å². The number of rotatable bonds is 8. The van der Waals surface area contributed by atoms with Crippen LogP contribution in [0.4, 0.5) is 5.13 Å². The van der Waals surface area contributed by atoms with Gasteiger partial charge < -0.3 is 20.9 Å². The summed E-state index contributed by atoms with van der Waals surface area (Å²) in [5, 5.41) is 9.37. The monoisotopic (exact) mass is 469 g/mol. The van der Waals surface area contributed by atoms with Crippen LogP contribution in [0.15, 0.2) is 83.6 Å². The van der Waals surface area contributed by atoms with E-state index in [4.69, 9.17) is 10.7 Å². The van der Waals surface area contributed by atoms with E-state index in [0.717, 1.165) is 51.6 Å². The van der Waals surface area contributed by atoms with Gasteiger partial charge in [0.25, 0.3) is 5.91 Å². The van der Waals surface area contributed by atoms with Crippen LogP contribution >= 0.6 is 11.3 Å². The third-order valence-corrected chi connectivity index (χ3v) is 6.62. The average molecular weight is 470 g/mol. The van der Waals surface area contributed by atoms with Crippen molar-refractivity contribution in [2.24, 2.45) is 12.8 Å². The number of benzene rings is 2. The van der Waals surface area contributed by atoms with E-state index in [2.05, 4.69) is 52.4 Å². The number of nitrogens with one attached hydrogen (secondary N) is 2. The van der Waals surface area contributed by atoms with Crippen LogP contribution in [-0.4, -0.2) is 22.0 Å². The Morgan fingerprint density at radius 1 is 1.09 bits per heavy atom. The van der Waals surface area contributed by atoms with Gasteiger partial charge >= 0.3 is 0 Å². The van der Waals surface area contributed by atoms with E-state index in [1.807, 2.05) is 42.2 Å². The zero-order valence-corrected chi connectivity index (χ0v) is 19.9. The summed E-state index contributed by atoms with van der Waals surface area (Å²) < 4.78 is 1.87. The number of hydrogen-bond acceptors (Lipinski definition) is 5. The quantitative estimate of drug-likeness (QED) is 0.333. The van der Waals surface area contributed by atoms with Crippen molar-refractivity contribution in [3.63, 3.8) is 0 Å². The largest absolute Gasteiger partial charge is 0.356 e. The van der Waals surface area contributed by atoms with Gasteiger partial charge in [-0.3, -0.25) is 4.79 Å². The van der Waals surface area contributed by atoms with Crippen LogP contribution in [0.5, 0.6) is 0 Å². The molecule has 6 nitrogen and oxygen atoms in total. The van der Waals surface area contributed by atoms with Gasteiger partial charge in [0.2, 0.25) is 0 Å². The molecule has 0 atom stereocenters. The lowest BCUT2D eigenvalue weighted by Crippen LogP contribution is -2.27. The molecule has 0 saturated heterocycles. The third-order valence-electron chi connectivity index (χ3n) is 5.86. The number of hydrogen-bond donors (Lipinski definition) is 3. The van der Waals surface area contributed by atoms with Crippen LogP contribution in [0.3, 0.4) is 0 Å². The van der Waals surface area contributed by atoms with Crippen molar-refractivity contribution in [2.75, 3.05) is 11.9 Å². The second-order valence-electron chi connectivity index (χ2n) is 8.48. The van der Waals surface area contributed by atoms with E-state index in [1.165, 1.54) is 5.57 Å². The van der Waals surface area contributed by atoms with Gasteiger partial charge in [-0.1, -0.05) is 36.4 Å². The molecule has 0 aliphatic heterocycles. The highest BCUT2D eigenvalue weighted by Crippen LogP contribution is 2.34. The lowest BCUT2D eigenvalue weighted by molar-refractivity contribution is 0.0957. The van der Waals surface area contributed by atoms with Gasteiger partial charge in [-0.05, 0) is 53.3 Å². The maximum Gasteiger partial charge on any atom is 0.253 e. The van der Waals surface area contributed by atoms with E-state index in [0.29, 0.717) is 18.7 Å². The molecule has 4 aromatic rings. The second-order valence-corrected chi connectivity index (χ2v) is 9.34. The highest BCUT2D eigenvalue weighted by atomic mass is 32.1. The molecular formula is C27H27N5OS. The Labute approximate surface area is 203 Å². The summed E-state index contributed by atoms with van der Waals surface area (Å²) in [5.41, 5.74) is 14.2. The molecule has 1 fully saturated rings. The van der Waals surface area contributed by atoms with E-state index >= 15 is 0 Å². The Morgan fingerprint density at radius 3 is 2.59 bits per heavy atom. The number of aryl methyl sites for hydroxylation is 1. The first-order chi connectivity index (χ1) is 16.6. The van der Waals surface area contributed by atoms with Crippen molar-refractivity contribution in [1.29, 1.82) is 0 Å². The van der Waals surface area contributed by atoms with Crippen LogP contribution in [0.1, 0.15) is 28.8 Å². The standard InChI is InChI=1S/C27H27N5OS/c1-32-11-10-23(16-32)26(33)29-15-24(19-8-9-19)30-27-31-25(17-34-27)22-7-3-6-21(13-22)20-5-2-4-18(12-20)14-28/h2-7,10-13,16-17H,8-9,14-15,28H2,1H3,(H,29,33)(H,30,31). The number of thiazole rings is 1. The minimum absolute atomic E-state index is 0.0727. The number of allylic oxidation sites excluding steroid dienone is 1. The first-order valence-corrected chi connectivity index (χ1v) is 12.2. The van der Waals surface area contributed by atoms with E-state index in [1.54, 1.807) is 11.3 Å². The minimum atomic E-state index is -0.0727. The first kappa shape index (κ1) is 22.1. The van der Waals surface area contributed by atoms with Crippen LogP contribution in [0.2, 0.25) is 0 Å². The van der Waals surface area contributed by atoms with Gasteiger partial charge in [0.15, 0.2) is 5.13 Å². The first-order valence-electron chi connectivity index (χ1n) is 11.3. The summed E-state index contributed by atoms with van der Waals surface area (Å²) in [6, 6.07) is 18.5. The minimum Gasteiger partial charge on any atom is -0.356 e. The number of carbonyl (C=O) groups is 1. The molecule has 34 heavy (non-hydrogen) atoms. The summed E-state index contributed by atoms with van der Waals surface area (Å²) in [6.45, 7) is 0.989. The number of carbonyl (C=O) groups excluding carboxylic acids is 1. The molecule has 2 heterocycles. The highest BCUT2D eigenvalue weighted by molar-refractivity contribution is 7.14. The molecule has 172 valence electrons. The van der Waals surface area contributed by atoms with E-state index in [9.17, 15) is 4.79 Å². The molecule has 0 bridgehead atoms. The van der Waals surface area contributed by atoms with Gasteiger partial charge in [-0.15, -0.1) is 11.3 Å². The van der Waals surface area contributed by atoms with E-state index in [-0.39, 0.29) is 5.91 Å². The summed E-state index contributed by atoms with van der Waals surface area (Å²) in [4.78, 5) is 17.3. The average Bonchev–Trinajstić information content (AvgIpc) is 3.45. The fourth-order valence-corrected chi connectivity index (χ4v) is 4.60. The molecule has 1 aliphatic carbocycles. The van der Waals surface area contributed by atoms with Crippen LogP contribution in [0, 0.1) is 0 Å². The zero-order valence-electron chi connectivity index (χ0n) is 19.0. The van der Waals surface area contributed by atoms with Crippen LogP contribution < -0.4 is 16.4 Å². The lowest BCUT2D eigenvalue weighted by Gasteiger charge is -2.10. The number of nitrogens with two attached hydrogens (primary N) is 1. The lowest BCUT2D eigenvalue weighted by atomic mass is 10.0. The number of anilines is 1. The van der Waals surface area contributed by atoms with Crippen molar-refractivity contribution < 1.29 is 4.79 Å². The maximum atomic E-state index is 12.4. The molecule has 4 N–H and O–H groups in total. The summed E-state index contributed by atoms with van der Waals surface area (Å²) >= 11 is 1.57. The van der Waals surface area contributed by atoms with Gasteiger partial charge in [-0.25, -0.2) is 4.98 Å². The number of nitrogens with zero attached hydrogens (tertiary/aromatic N) is 2. The molecule has 1 saturated carbocycles. The Balaban J connectivity index is 1.29. The Hall–Kier alpha value is -3.68. The fourth-order valence-electron chi connectivity index (χ4n) is 3.86. The van der Waals surface area contributed by atoms with Crippen molar-refractivity contribution in [2.45, 2.75) is 19.4 Å². The van der Waals surface area contributed by atoms with Crippen molar-refractivity contribution in [3.8, 4) is 22.4 Å². The molecular weight excluding hydrogens is 442 g/mol. The number of amides is 1. The molecule has 7 heteroatoms. The van der Waals surface area contributed by atoms with Crippen molar-refractivity contribution >= 4 is 22.4 Å². The molecule has 1 aliphatic rings. The van der Waals surface area contributed by atoms with Gasteiger partial charge in [0, 0.05) is 42.6 Å². The summed E-state index contributed by atoms with van der Waals surface area (Å²) in [7, 11) is 1.91. The Kier molecular flexibility index (Phi) is 6.29. The predicted octanol–water partition coefficient (Wildman–Crippen LogP) is 5.16. The normalized spacial score (nSPS) is 12.5. The molecule has 1 amide bonds. The molecule has 2 aromatic carbocycles. The molecule has 0 unspecified atom stereocenters. The molecule has 5 rings (SSSR count). The second kappa shape index (κ2) is 9.67. The molecule has 0 spiro atoms. The SMILES string of the molecule is Cn1ccc(C(=O)NCC(Nc2nc(-c3cccc(-c4cccc(CN)c4)c3)cs2)=C2CC2)c1. The molecule has 0 radical (unpaired) electrons. The van der Waals surface area contributed by atoms with Gasteiger partial charge in [-0.2, -0.15) is 0 Å². The maximum absolute atomic E-state index is 12.4. The fraction of sp³-hybridized carbons (Fsp3) is 0.185. The smallest absolute Gasteiger partial charge is 0.253 e. The predicted molar refractivity (Wildman–Crippen MR) is 139 cm³/mol. The highest BCUT2D eigenvalue weighted by Gasteiger charge is 2.20. The molecule has 2 aromatic heterocycles.